The van der Waals surface area contributed by atoms with Crippen LogP contribution in [0.3, 0.4) is 0 Å². The van der Waals surface area contributed by atoms with Crippen molar-refractivity contribution in [3.8, 4) is 0 Å². The van der Waals surface area contributed by atoms with Gasteiger partial charge in [-0.2, -0.15) is 0 Å². The topological polar surface area (TPSA) is 38.7 Å². The number of hydrogen-bond donors (Lipinski definition) is 0. The molecular formula is C15H21N3. The number of rotatable bonds is 0. The predicted octanol–water partition coefficient (Wildman–Crippen LogP) is 3.62. The van der Waals surface area contributed by atoms with Crippen LogP contribution in [0.5, 0.6) is 0 Å². The summed E-state index contributed by atoms with van der Waals surface area (Å²) in [4.78, 5) is 13.5. The van der Waals surface area contributed by atoms with E-state index in [1.54, 1.807) is 0 Å². The molecule has 3 nitrogen and oxygen atoms in total. The summed E-state index contributed by atoms with van der Waals surface area (Å²) in [5.74, 6) is 0.864. The minimum atomic E-state index is -0.0358. The Labute approximate surface area is 109 Å². The van der Waals surface area contributed by atoms with Gasteiger partial charge in [-0.1, -0.05) is 41.5 Å². The van der Waals surface area contributed by atoms with Gasteiger partial charge in [0.05, 0.1) is 11.7 Å². The van der Waals surface area contributed by atoms with Gasteiger partial charge in [-0.25, -0.2) is 9.97 Å². The van der Waals surface area contributed by atoms with Crippen molar-refractivity contribution in [1.29, 1.82) is 0 Å². The zero-order valence-corrected chi connectivity index (χ0v) is 12.1. The van der Waals surface area contributed by atoms with Gasteiger partial charge in [0, 0.05) is 11.6 Å². The summed E-state index contributed by atoms with van der Waals surface area (Å²) in [5, 5.41) is 0. The molecule has 0 unspecified atom stereocenters. The Bertz CT molecular complexity index is 526. The average Bonchev–Trinajstić information content (AvgIpc) is 2.25. The molecule has 0 aliphatic heterocycles. The van der Waals surface area contributed by atoms with Crippen molar-refractivity contribution in [2.75, 3.05) is 0 Å². The number of pyridine rings is 1. The minimum Gasteiger partial charge on any atom is -0.253 e. The highest BCUT2D eigenvalue weighted by Gasteiger charge is 2.19. The predicted molar refractivity (Wildman–Crippen MR) is 74.7 cm³/mol. The van der Waals surface area contributed by atoms with Crippen LogP contribution >= 0.6 is 0 Å². The van der Waals surface area contributed by atoms with Crippen molar-refractivity contribution < 1.29 is 0 Å². The molecule has 0 aliphatic rings. The third-order valence-corrected chi connectivity index (χ3v) is 2.97. The largest absolute Gasteiger partial charge is 0.253 e. The van der Waals surface area contributed by atoms with Gasteiger partial charge >= 0.3 is 0 Å². The summed E-state index contributed by atoms with van der Waals surface area (Å²) in [6, 6.07) is 2.12. The fourth-order valence-electron chi connectivity index (χ4n) is 1.69. The van der Waals surface area contributed by atoms with Crippen LogP contribution < -0.4 is 0 Å². The first-order valence-electron chi connectivity index (χ1n) is 6.32. The molecule has 0 fully saturated rings. The third kappa shape index (κ3) is 2.50. The van der Waals surface area contributed by atoms with Crippen LogP contribution in [0.25, 0.3) is 11.0 Å². The van der Waals surface area contributed by atoms with Gasteiger partial charge in [-0.15, -0.1) is 0 Å². The van der Waals surface area contributed by atoms with Crippen molar-refractivity contribution in [3.63, 3.8) is 0 Å². The van der Waals surface area contributed by atoms with Gasteiger partial charge in [-0.05, 0) is 17.0 Å². The van der Waals surface area contributed by atoms with Crippen LogP contribution in [-0.2, 0) is 10.8 Å². The van der Waals surface area contributed by atoms with Gasteiger partial charge in [0.2, 0.25) is 0 Å². The molecule has 0 amide bonds. The molecule has 0 aliphatic carbocycles. The van der Waals surface area contributed by atoms with Gasteiger partial charge in [-0.3, -0.25) is 4.98 Å². The smallest absolute Gasteiger partial charge is 0.134 e. The van der Waals surface area contributed by atoms with E-state index in [0.717, 1.165) is 16.9 Å². The molecule has 0 saturated carbocycles. The molecule has 0 spiro atoms. The number of fused-ring (bicyclic) bond motifs is 1. The second-order valence-corrected chi connectivity index (χ2v) is 6.82. The van der Waals surface area contributed by atoms with Crippen molar-refractivity contribution in [2.45, 2.75) is 52.4 Å². The average molecular weight is 243 g/mol. The minimum absolute atomic E-state index is 0.0358. The van der Waals surface area contributed by atoms with Crippen molar-refractivity contribution in [1.82, 2.24) is 15.0 Å². The van der Waals surface area contributed by atoms with Crippen LogP contribution in [-0.4, -0.2) is 15.0 Å². The van der Waals surface area contributed by atoms with Crippen LogP contribution in [0, 0.1) is 0 Å². The summed E-state index contributed by atoms with van der Waals surface area (Å²) < 4.78 is 0. The maximum absolute atomic E-state index is 4.65. The first kappa shape index (κ1) is 12.9. The molecular weight excluding hydrogens is 222 g/mol. The third-order valence-electron chi connectivity index (χ3n) is 2.97. The molecule has 3 heteroatoms. The lowest BCUT2D eigenvalue weighted by Gasteiger charge is -2.20. The van der Waals surface area contributed by atoms with Crippen molar-refractivity contribution in [3.05, 3.63) is 29.8 Å². The Morgan fingerprint density at radius 1 is 0.778 bits per heavy atom. The molecule has 2 rings (SSSR count). The Morgan fingerprint density at radius 2 is 1.44 bits per heavy atom. The van der Waals surface area contributed by atoms with Crippen LogP contribution in [0.15, 0.2) is 18.5 Å². The van der Waals surface area contributed by atoms with Gasteiger partial charge in [0.1, 0.15) is 11.3 Å². The first-order chi connectivity index (χ1) is 8.18. The normalized spacial score (nSPS) is 13.0. The highest BCUT2D eigenvalue weighted by Crippen LogP contribution is 2.25. The zero-order chi connectivity index (χ0) is 13.6. The van der Waals surface area contributed by atoms with Gasteiger partial charge in [0.25, 0.3) is 0 Å². The Morgan fingerprint density at radius 3 is 2.00 bits per heavy atom. The lowest BCUT2D eigenvalue weighted by Crippen LogP contribution is -2.16. The van der Waals surface area contributed by atoms with E-state index in [4.69, 9.17) is 0 Å². The number of hydrogen-bond acceptors (Lipinski definition) is 3. The van der Waals surface area contributed by atoms with E-state index in [2.05, 4.69) is 62.6 Å². The van der Waals surface area contributed by atoms with E-state index in [9.17, 15) is 0 Å². The fourth-order valence-corrected chi connectivity index (χ4v) is 1.69. The number of aromatic nitrogens is 3. The van der Waals surface area contributed by atoms with Gasteiger partial charge < -0.3 is 0 Å². The SMILES string of the molecule is CC(C)(C)c1cnc2cnc(C(C)(C)C)nc2c1. The maximum atomic E-state index is 4.65. The van der Waals surface area contributed by atoms with E-state index in [1.165, 1.54) is 5.56 Å². The standard InChI is InChI=1S/C15H21N3/c1-14(2,3)10-7-11-12(16-8-10)9-17-13(18-11)15(4,5)6/h7-9H,1-6H3. The van der Waals surface area contributed by atoms with Crippen LogP contribution in [0.2, 0.25) is 0 Å². The van der Waals surface area contributed by atoms with Gasteiger partial charge in [0.15, 0.2) is 0 Å². The zero-order valence-electron chi connectivity index (χ0n) is 12.1. The highest BCUT2D eigenvalue weighted by atomic mass is 14.9. The molecule has 96 valence electrons. The summed E-state index contributed by atoms with van der Waals surface area (Å²) in [7, 11) is 0. The van der Waals surface area contributed by atoms with Crippen LogP contribution in [0.1, 0.15) is 52.9 Å². The van der Waals surface area contributed by atoms with E-state index < -0.39 is 0 Å². The second kappa shape index (κ2) is 4.01. The van der Waals surface area contributed by atoms with Crippen molar-refractivity contribution in [2.24, 2.45) is 0 Å². The molecule has 0 radical (unpaired) electrons. The monoisotopic (exact) mass is 243 g/mol. The van der Waals surface area contributed by atoms with E-state index >= 15 is 0 Å². The van der Waals surface area contributed by atoms with Crippen molar-refractivity contribution >= 4 is 11.0 Å². The van der Waals surface area contributed by atoms with Crippen LogP contribution in [0.4, 0.5) is 0 Å². The van der Waals surface area contributed by atoms with E-state index in [0.29, 0.717) is 0 Å². The first-order valence-corrected chi connectivity index (χ1v) is 6.32. The summed E-state index contributed by atoms with van der Waals surface area (Å²) in [5.41, 5.74) is 3.05. The second-order valence-electron chi connectivity index (χ2n) is 6.82. The summed E-state index contributed by atoms with van der Waals surface area (Å²) in [6.45, 7) is 12.9. The molecule has 0 saturated heterocycles. The lowest BCUT2D eigenvalue weighted by atomic mass is 9.88. The molecule has 2 aromatic heterocycles. The fraction of sp³-hybridized carbons (Fsp3) is 0.533. The molecule has 0 bridgehead atoms. The maximum Gasteiger partial charge on any atom is 0.134 e. The highest BCUT2D eigenvalue weighted by molar-refractivity contribution is 5.73. The molecule has 0 atom stereocenters. The van der Waals surface area contributed by atoms with E-state index in [-0.39, 0.29) is 10.8 Å². The summed E-state index contributed by atoms with van der Waals surface area (Å²) in [6.07, 6.45) is 3.73. The molecule has 0 N–H and O–H groups in total. The molecule has 18 heavy (non-hydrogen) atoms. The van der Waals surface area contributed by atoms with E-state index in [1.807, 2.05) is 12.4 Å². The molecule has 2 heterocycles. The quantitative estimate of drug-likeness (QED) is 0.709. The summed E-state index contributed by atoms with van der Waals surface area (Å²) >= 11 is 0. The lowest BCUT2D eigenvalue weighted by molar-refractivity contribution is 0.547. The molecule has 2 aromatic rings. The number of nitrogens with zero attached hydrogens (tertiary/aromatic N) is 3. The Balaban J connectivity index is 2.61. The Hall–Kier alpha value is -1.51. The molecule has 0 aromatic carbocycles. The Kier molecular flexibility index (Phi) is 2.88.